The highest BCUT2D eigenvalue weighted by Crippen LogP contribution is 2.13. The number of nitrogens with two attached hydrogens (primary N) is 2. The van der Waals surface area contributed by atoms with Gasteiger partial charge < -0.3 is 16.4 Å². The van der Waals surface area contributed by atoms with Crippen molar-refractivity contribution in [3.8, 4) is 0 Å². The van der Waals surface area contributed by atoms with Crippen molar-refractivity contribution >= 4 is 17.6 Å². The topological polar surface area (TPSA) is 81.1 Å². The minimum atomic E-state index is 0.209. The van der Waals surface area contributed by atoms with Crippen molar-refractivity contribution in [2.45, 2.75) is 12.8 Å². The zero-order chi connectivity index (χ0) is 11.3. The van der Waals surface area contributed by atoms with Crippen molar-refractivity contribution < 1.29 is 0 Å². The molecular formula is C10H17N5. The van der Waals surface area contributed by atoms with E-state index in [1.54, 1.807) is 6.07 Å². The number of hydrogen-bond donors (Lipinski definition) is 2. The van der Waals surface area contributed by atoms with E-state index in [-0.39, 0.29) is 5.95 Å². The lowest BCUT2D eigenvalue weighted by Crippen LogP contribution is -2.20. The van der Waals surface area contributed by atoms with Gasteiger partial charge in [-0.3, -0.25) is 0 Å². The Balaban J connectivity index is 2.64. The summed E-state index contributed by atoms with van der Waals surface area (Å²) in [4.78, 5) is 9.91. The molecular weight excluding hydrogens is 190 g/mol. The molecule has 0 aliphatic rings. The van der Waals surface area contributed by atoms with Gasteiger partial charge in [-0.25, -0.2) is 0 Å². The summed E-state index contributed by atoms with van der Waals surface area (Å²) in [5.74, 6) is 1.36. The number of anilines is 3. The third-order valence-electron chi connectivity index (χ3n) is 2.04. The van der Waals surface area contributed by atoms with E-state index in [4.69, 9.17) is 11.5 Å². The van der Waals surface area contributed by atoms with Crippen molar-refractivity contribution in [2.24, 2.45) is 0 Å². The van der Waals surface area contributed by atoms with Gasteiger partial charge in [0, 0.05) is 19.7 Å². The van der Waals surface area contributed by atoms with E-state index >= 15 is 0 Å². The number of rotatable bonds is 5. The first kappa shape index (κ1) is 11.3. The Kier molecular flexibility index (Phi) is 3.91. The van der Waals surface area contributed by atoms with Gasteiger partial charge in [-0.15, -0.1) is 6.58 Å². The van der Waals surface area contributed by atoms with Crippen molar-refractivity contribution in [1.82, 2.24) is 9.97 Å². The van der Waals surface area contributed by atoms with E-state index in [9.17, 15) is 0 Å². The highest BCUT2D eigenvalue weighted by atomic mass is 15.2. The van der Waals surface area contributed by atoms with Crippen LogP contribution >= 0.6 is 0 Å². The fourth-order valence-corrected chi connectivity index (χ4v) is 1.25. The minimum absolute atomic E-state index is 0.209. The Morgan fingerprint density at radius 2 is 2.20 bits per heavy atom. The number of unbranched alkanes of at least 4 members (excludes halogenated alkanes) is 1. The fraction of sp³-hybridized carbons (Fsp3) is 0.400. The second-order valence-corrected chi connectivity index (χ2v) is 3.36. The Labute approximate surface area is 89.8 Å². The van der Waals surface area contributed by atoms with Crippen molar-refractivity contribution in [2.75, 3.05) is 30.0 Å². The maximum Gasteiger partial charge on any atom is 0.223 e. The van der Waals surface area contributed by atoms with E-state index in [0.29, 0.717) is 5.82 Å². The number of nitrogens with zero attached hydrogens (tertiary/aromatic N) is 3. The molecule has 0 aliphatic heterocycles. The molecule has 5 heteroatoms. The molecule has 82 valence electrons. The Bertz CT molecular complexity index is 316. The van der Waals surface area contributed by atoms with Crippen LogP contribution in [-0.4, -0.2) is 23.6 Å². The number of allylic oxidation sites excluding steroid dienone is 1. The number of hydrogen-bond acceptors (Lipinski definition) is 5. The maximum atomic E-state index is 5.58. The van der Waals surface area contributed by atoms with Crippen LogP contribution in [0.2, 0.25) is 0 Å². The van der Waals surface area contributed by atoms with Crippen LogP contribution in [0.1, 0.15) is 12.8 Å². The van der Waals surface area contributed by atoms with Gasteiger partial charge in [-0.1, -0.05) is 6.08 Å². The summed E-state index contributed by atoms with van der Waals surface area (Å²) < 4.78 is 0. The Hall–Kier alpha value is -1.78. The van der Waals surface area contributed by atoms with Crippen LogP contribution in [0.5, 0.6) is 0 Å². The van der Waals surface area contributed by atoms with E-state index in [2.05, 4.69) is 16.5 Å². The van der Waals surface area contributed by atoms with Crippen LogP contribution in [0.3, 0.4) is 0 Å². The van der Waals surface area contributed by atoms with E-state index in [1.165, 1.54) is 0 Å². The van der Waals surface area contributed by atoms with Crippen LogP contribution in [0.4, 0.5) is 17.6 Å². The highest BCUT2D eigenvalue weighted by molar-refractivity contribution is 5.49. The molecule has 0 bridgehead atoms. The smallest absolute Gasteiger partial charge is 0.223 e. The first-order valence-corrected chi connectivity index (χ1v) is 4.85. The molecule has 0 atom stereocenters. The largest absolute Gasteiger partial charge is 0.383 e. The van der Waals surface area contributed by atoms with Crippen LogP contribution in [0, 0.1) is 0 Å². The van der Waals surface area contributed by atoms with Gasteiger partial charge in [0.2, 0.25) is 5.95 Å². The molecule has 0 fully saturated rings. The second-order valence-electron chi connectivity index (χ2n) is 3.36. The van der Waals surface area contributed by atoms with Crippen molar-refractivity contribution in [3.05, 3.63) is 18.7 Å². The first-order valence-electron chi connectivity index (χ1n) is 4.85. The number of aromatic nitrogens is 2. The van der Waals surface area contributed by atoms with Crippen molar-refractivity contribution in [1.29, 1.82) is 0 Å². The first-order chi connectivity index (χ1) is 7.13. The van der Waals surface area contributed by atoms with Gasteiger partial charge in [0.05, 0.1) is 0 Å². The zero-order valence-corrected chi connectivity index (χ0v) is 8.98. The molecule has 4 N–H and O–H groups in total. The van der Waals surface area contributed by atoms with Gasteiger partial charge in [-0.05, 0) is 12.8 Å². The molecule has 5 nitrogen and oxygen atoms in total. The molecule has 0 amide bonds. The SMILES string of the molecule is C=CCCCN(C)c1cc(N)nc(N)n1. The van der Waals surface area contributed by atoms with E-state index in [0.717, 1.165) is 25.2 Å². The molecule has 1 heterocycles. The average molecular weight is 207 g/mol. The highest BCUT2D eigenvalue weighted by Gasteiger charge is 2.04. The summed E-state index contributed by atoms with van der Waals surface area (Å²) in [6, 6.07) is 1.71. The molecule has 1 rings (SSSR count). The lowest BCUT2D eigenvalue weighted by molar-refractivity contribution is 0.791. The molecule has 1 aromatic heterocycles. The summed E-state index contributed by atoms with van der Waals surface area (Å²) in [5.41, 5.74) is 11.1. The summed E-state index contributed by atoms with van der Waals surface area (Å²) in [6.07, 6.45) is 3.92. The van der Waals surface area contributed by atoms with Gasteiger partial charge in [0.15, 0.2) is 0 Å². The zero-order valence-electron chi connectivity index (χ0n) is 8.98. The Morgan fingerprint density at radius 1 is 1.47 bits per heavy atom. The molecule has 1 aromatic rings. The molecule has 0 unspecified atom stereocenters. The molecule has 15 heavy (non-hydrogen) atoms. The quantitative estimate of drug-likeness (QED) is 0.557. The average Bonchev–Trinajstić information content (AvgIpc) is 2.16. The third kappa shape index (κ3) is 3.46. The molecule has 0 saturated carbocycles. The predicted octanol–water partition coefficient (Wildman–Crippen LogP) is 1.04. The summed E-state index contributed by atoms with van der Waals surface area (Å²) in [5, 5.41) is 0. The second kappa shape index (κ2) is 5.19. The normalized spacial score (nSPS) is 9.93. The van der Waals surface area contributed by atoms with Crippen LogP contribution < -0.4 is 16.4 Å². The summed E-state index contributed by atoms with van der Waals surface area (Å²) >= 11 is 0. The van der Waals surface area contributed by atoms with Gasteiger partial charge in [-0.2, -0.15) is 9.97 Å². The van der Waals surface area contributed by atoms with E-state index in [1.807, 2.05) is 18.0 Å². The van der Waals surface area contributed by atoms with Gasteiger partial charge in [0.1, 0.15) is 11.6 Å². The maximum absolute atomic E-state index is 5.58. The molecule has 0 spiro atoms. The van der Waals surface area contributed by atoms with Crippen LogP contribution in [0.15, 0.2) is 18.7 Å². The minimum Gasteiger partial charge on any atom is -0.383 e. The lowest BCUT2D eigenvalue weighted by Gasteiger charge is -2.17. The van der Waals surface area contributed by atoms with Crippen molar-refractivity contribution in [3.63, 3.8) is 0 Å². The Morgan fingerprint density at radius 3 is 2.80 bits per heavy atom. The molecule has 0 saturated heterocycles. The summed E-state index contributed by atoms with van der Waals surface area (Å²) in [6.45, 7) is 4.57. The van der Waals surface area contributed by atoms with Crippen LogP contribution in [0.25, 0.3) is 0 Å². The molecule has 0 aliphatic carbocycles. The monoisotopic (exact) mass is 207 g/mol. The fourth-order valence-electron chi connectivity index (χ4n) is 1.25. The third-order valence-corrected chi connectivity index (χ3v) is 2.04. The lowest BCUT2D eigenvalue weighted by atomic mass is 10.3. The molecule has 0 radical (unpaired) electrons. The predicted molar refractivity (Wildman–Crippen MR) is 63.6 cm³/mol. The van der Waals surface area contributed by atoms with Crippen LogP contribution in [-0.2, 0) is 0 Å². The standard InChI is InChI=1S/C10H17N5/c1-3-4-5-6-15(2)9-7-8(11)13-10(12)14-9/h3,7H,1,4-6H2,2H3,(H4,11,12,13,14). The number of nitrogen functional groups attached to an aromatic ring is 2. The summed E-state index contributed by atoms with van der Waals surface area (Å²) in [7, 11) is 1.95. The van der Waals surface area contributed by atoms with E-state index < -0.39 is 0 Å². The van der Waals surface area contributed by atoms with Gasteiger partial charge >= 0.3 is 0 Å². The van der Waals surface area contributed by atoms with Gasteiger partial charge in [0.25, 0.3) is 0 Å². The molecule has 0 aromatic carbocycles.